The van der Waals surface area contributed by atoms with Crippen LogP contribution in [0.4, 0.5) is 0 Å². The molecule has 0 aromatic carbocycles. The number of hydrogen-bond donors (Lipinski definition) is 0. The minimum Gasteiger partial charge on any atom is -0.461 e. The summed E-state index contributed by atoms with van der Waals surface area (Å²) >= 11 is 0. The van der Waals surface area contributed by atoms with Gasteiger partial charge in [0, 0.05) is 18.8 Å². The highest BCUT2D eigenvalue weighted by atomic mass is 16.5. The third-order valence-corrected chi connectivity index (χ3v) is 3.34. The first-order chi connectivity index (χ1) is 11.1. The molecule has 3 aromatic heterocycles. The Labute approximate surface area is 129 Å². The molecule has 0 atom stereocenters. The summed E-state index contributed by atoms with van der Waals surface area (Å²) in [5.41, 5.74) is -0.863. The molecule has 0 radical (unpaired) electrons. The van der Waals surface area contributed by atoms with Gasteiger partial charge in [-0.15, -0.1) is 0 Å². The molecule has 8 heteroatoms. The van der Waals surface area contributed by atoms with E-state index in [2.05, 4.69) is 5.16 Å². The molecule has 0 fully saturated rings. The Balaban J connectivity index is 2.02. The Kier molecular flexibility index (Phi) is 3.68. The van der Waals surface area contributed by atoms with E-state index in [4.69, 9.17) is 14.2 Å². The van der Waals surface area contributed by atoms with E-state index in [1.807, 2.05) is 0 Å². The number of nitrogens with zero attached hydrogens (tertiary/aromatic N) is 4. The van der Waals surface area contributed by atoms with Crippen LogP contribution in [-0.2, 0) is 13.1 Å². The first-order valence-electron chi connectivity index (χ1n) is 6.88. The molecule has 0 bridgehead atoms. The van der Waals surface area contributed by atoms with Crippen LogP contribution < -0.4 is 11.2 Å². The van der Waals surface area contributed by atoms with Gasteiger partial charge in [0.2, 0.25) is 5.76 Å². The van der Waals surface area contributed by atoms with Gasteiger partial charge in [-0.2, -0.15) is 5.26 Å². The zero-order valence-electron chi connectivity index (χ0n) is 12.2. The summed E-state index contributed by atoms with van der Waals surface area (Å²) in [6.45, 7) is 2.02. The lowest BCUT2D eigenvalue weighted by Gasteiger charge is -2.07. The molecule has 0 aliphatic heterocycles. The van der Waals surface area contributed by atoms with E-state index in [-0.39, 0.29) is 12.1 Å². The van der Waals surface area contributed by atoms with E-state index in [0.29, 0.717) is 23.8 Å². The van der Waals surface area contributed by atoms with Gasteiger partial charge >= 0.3 is 5.69 Å². The van der Waals surface area contributed by atoms with Crippen LogP contribution in [0.15, 0.2) is 49.2 Å². The summed E-state index contributed by atoms with van der Waals surface area (Å²) in [7, 11) is 0. The Morgan fingerprint density at radius 3 is 2.83 bits per heavy atom. The minimum atomic E-state index is -0.648. The van der Waals surface area contributed by atoms with Crippen LogP contribution in [0.1, 0.15) is 18.2 Å². The van der Waals surface area contributed by atoms with Gasteiger partial charge in [0.25, 0.3) is 5.56 Å². The van der Waals surface area contributed by atoms with Crippen molar-refractivity contribution in [1.29, 1.82) is 5.26 Å². The Bertz CT molecular complexity index is 986. The third-order valence-electron chi connectivity index (χ3n) is 3.34. The second kappa shape index (κ2) is 5.81. The molecule has 0 saturated heterocycles. The summed E-state index contributed by atoms with van der Waals surface area (Å²) in [5, 5.41) is 12.9. The van der Waals surface area contributed by atoms with Crippen molar-refractivity contribution in [1.82, 2.24) is 14.3 Å². The van der Waals surface area contributed by atoms with Crippen LogP contribution in [0.5, 0.6) is 0 Å². The Morgan fingerprint density at radius 2 is 2.17 bits per heavy atom. The molecule has 116 valence electrons. The van der Waals surface area contributed by atoms with Gasteiger partial charge in [-0.1, -0.05) is 5.16 Å². The van der Waals surface area contributed by atoms with Crippen LogP contribution in [0, 0.1) is 11.3 Å². The second-order valence-electron chi connectivity index (χ2n) is 4.77. The molecular weight excluding hydrogens is 300 g/mol. The summed E-state index contributed by atoms with van der Waals surface area (Å²) < 4.78 is 12.6. The number of aromatic nitrogens is 3. The molecule has 8 nitrogen and oxygen atoms in total. The van der Waals surface area contributed by atoms with Gasteiger partial charge in [0.05, 0.1) is 12.8 Å². The maximum absolute atomic E-state index is 12.3. The highest BCUT2D eigenvalue weighted by molar-refractivity contribution is 5.49. The van der Waals surface area contributed by atoms with E-state index in [9.17, 15) is 9.59 Å². The fourth-order valence-corrected chi connectivity index (χ4v) is 2.18. The van der Waals surface area contributed by atoms with Gasteiger partial charge in [0.1, 0.15) is 17.3 Å². The van der Waals surface area contributed by atoms with Crippen LogP contribution in [-0.4, -0.2) is 14.3 Å². The average molecular weight is 312 g/mol. The van der Waals surface area contributed by atoms with Gasteiger partial charge in [0.15, 0.2) is 5.76 Å². The minimum absolute atomic E-state index is 0.0859. The van der Waals surface area contributed by atoms with E-state index >= 15 is 0 Å². The summed E-state index contributed by atoms with van der Waals surface area (Å²) in [6, 6.07) is 6.79. The van der Waals surface area contributed by atoms with E-state index < -0.39 is 11.2 Å². The zero-order chi connectivity index (χ0) is 16.4. The number of aryl methyl sites for hydroxylation is 1. The lowest BCUT2D eigenvalue weighted by molar-refractivity contribution is 0.407. The maximum Gasteiger partial charge on any atom is 0.331 e. The van der Waals surface area contributed by atoms with Crippen molar-refractivity contribution in [3.8, 4) is 17.6 Å². The molecule has 3 aromatic rings. The summed E-state index contributed by atoms with van der Waals surface area (Å²) in [5.74, 6) is 0.887. The highest BCUT2D eigenvalue weighted by Gasteiger charge is 2.14. The first kappa shape index (κ1) is 14.6. The molecule has 0 unspecified atom stereocenters. The van der Waals surface area contributed by atoms with Crippen molar-refractivity contribution >= 4 is 0 Å². The normalized spacial score (nSPS) is 10.6. The molecule has 0 N–H and O–H groups in total. The molecule has 23 heavy (non-hydrogen) atoms. The van der Waals surface area contributed by atoms with Gasteiger partial charge < -0.3 is 8.94 Å². The van der Waals surface area contributed by atoms with Gasteiger partial charge in [-0.3, -0.25) is 13.9 Å². The summed E-state index contributed by atoms with van der Waals surface area (Å²) in [4.78, 5) is 24.4. The van der Waals surface area contributed by atoms with Crippen molar-refractivity contribution in [2.75, 3.05) is 0 Å². The van der Waals surface area contributed by atoms with Crippen LogP contribution in [0.2, 0.25) is 0 Å². The van der Waals surface area contributed by atoms with Crippen LogP contribution >= 0.6 is 0 Å². The molecule has 0 saturated carbocycles. The largest absolute Gasteiger partial charge is 0.461 e. The van der Waals surface area contributed by atoms with Crippen molar-refractivity contribution < 1.29 is 8.94 Å². The van der Waals surface area contributed by atoms with Crippen LogP contribution in [0.3, 0.4) is 0 Å². The highest BCUT2D eigenvalue weighted by Crippen LogP contribution is 2.20. The molecule has 0 aliphatic rings. The Morgan fingerprint density at radius 1 is 1.35 bits per heavy atom. The zero-order valence-corrected chi connectivity index (χ0v) is 12.2. The fourth-order valence-electron chi connectivity index (χ4n) is 2.18. The maximum atomic E-state index is 12.3. The molecule has 0 spiro atoms. The molecule has 3 heterocycles. The SMILES string of the molecule is CCn1cc(C#N)c(=O)n(Cc2cc(-c3ccco3)on2)c1=O. The quantitative estimate of drug-likeness (QED) is 0.716. The van der Waals surface area contributed by atoms with Crippen molar-refractivity contribution in [2.45, 2.75) is 20.0 Å². The number of hydrogen-bond acceptors (Lipinski definition) is 6. The van der Waals surface area contributed by atoms with Crippen molar-refractivity contribution in [3.05, 3.63) is 62.8 Å². The first-order valence-corrected chi connectivity index (χ1v) is 6.88. The van der Waals surface area contributed by atoms with Crippen molar-refractivity contribution in [3.63, 3.8) is 0 Å². The Hall–Kier alpha value is -3.34. The van der Waals surface area contributed by atoms with Crippen LogP contribution in [0.25, 0.3) is 11.5 Å². The fraction of sp³-hybridized carbons (Fsp3) is 0.200. The van der Waals surface area contributed by atoms with Gasteiger partial charge in [-0.25, -0.2) is 4.79 Å². The predicted octanol–water partition coefficient (Wildman–Crippen LogP) is 1.20. The molecule has 0 aliphatic carbocycles. The summed E-state index contributed by atoms with van der Waals surface area (Å²) in [6.07, 6.45) is 2.76. The average Bonchev–Trinajstić information content (AvgIpc) is 3.23. The lowest BCUT2D eigenvalue weighted by Crippen LogP contribution is -2.41. The standard InChI is InChI=1S/C15H12N4O4/c1-2-18-8-10(7-16)14(20)19(15(18)21)9-11-6-13(23-17-11)12-4-3-5-22-12/h3-6,8H,2,9H2,1H3. The van der Waals surface area contributed by atoms with E-state index in [0.717, 1.165) is 4.57 Å². The topological polar surface area (TPSA) is 107 Å². The van der Waals surface area contributed by atoms with E-state index in [1.54, 1.807) is 31.2 Å². The monoisotopic (exact) mass is 312 g/mol. The molecular formula is C15H12N4O4. The van der Waals surface area contributed by atoms with Gasteiger partial charge in [-0.05, 0) is 19.1 Å². The third kappa shape index (κ3) is 2.60. The van der Waals surface area contributed by atoms with Crippen molar-refractivity contribution in [2.24, 2.45) is 0 Å². The lowest BCUT2D eigenvalue weighted by atomic mass is 10.3. The molecule has 3 rings (SSSR count). The second-order valence-corrected chi connectivity index (χ2v) is 4.77. The number of furan rings is 1. The molecule has 0 amide bonds. The smallest absolute Gasteiger partial charge is 0.331 e. The van der Waals surface area contributed by atoms with E-state index in [1.165, 1.54) is 17.0 Å². The number of rotatable bonds is 4. The number of nitriles is 1. The predicted molar refractivity (Wildman–Crippen MR) is 78.7 cm³/mol.